The van der Waals surface area contributed by atoms with Crippen LogP contribution in [0.2, 0.25) is 0 Å². The van der Waals surface area contributed by atoms with E-state index in [4.69, 9.17) is 15.0 Å². The van der Waals surface area contributed by atoms with Gasteiger partial charge in [0.15, 0.2) is 0 Å². The molecule has 3 rings (SSSR count). The number of nitrogens with zero attached hydrogens (tertiary/aromatic N) is 2. The number of ether oxygens (including phenoxy) is 1. The van der Waals surface area contributed by atoms with Crippen molar-refractivity contribution in [2.24, 2.45) is 5.73 Å². The highest BCUT2D eigenvalue weighted by Crippen LogP contribution is 2.35. The molecule has 5 nitrogen and oxygen atoms in total. The second-order valence-electron chi connectivity index (χ2n) is 4.14. The number of hydrogen-bond acceptors (Lipinski definition) is 6. The molecule has 2 aromatic rings. The Morgan fingerprint density at radius 3 is 2.84 bits per heavy atom. The standard InChI is InChI=1S/C12H12BrN3O2S/c13-9-3-7(12-15-11(4-14)18-16-12)1-2-10(9)19-8-5-17-6-8/h1-3,8H,4-6,14H2. The first-order valence-electron chi connectivity index (χ1n) is 5.83. The highest BCUT2D eigenvalue weighted by molar-refractivity contribution is 9.10. The zero-order valence-corrected chi connectivity index (χ0v) is 12.4. The molecule has 19 heavy (non-hydrogen) atoms. The van der Waals surface area contributed by atoms with Crippen molar-refractivity contribution in [3.63, 3.8) is 0 Å². The molecule has 2 N–H and O–H groups in total. The predicted octanol–water partition coefficient (Wildman–Crippen LogP) is 2.45. The van der Waals surface area contributed by atoms with Gasteiger partial charge in [0, 0.05) is 14.9 Å². The summed E-state index contributed by atoms with van der Waals surface area (Å²) < 4.78 is 11.2. The number of halogens is 1. The Balaban J connectivity index is 1.81. The molecule has 0 atom stereocenters. The van der Waals surface area contributed by atoms with Crippen molar-refractivity contribution in [3.8, 4) is 11.4 Å². The van der Waals surface area contributed by atoms with Gasteiger partial charge in [0.25, 0.3) is 0 Å². The largest absolute Gasteiger partial charge is 0.379 e. The molecule has 0 amide bonds. The quantitative estimate of drug-likeness (QED) is 0.920. The van der Waals surface area contributed by atoms with Crippen molar-refractivity contribution >= 4 is 27.7 Å². The molecule has 0 spiro atoms. The Morgan fingerprint density at radius 1 is 1.42 bits per heavy atom. The van der Waals surface area contributed by atoms with E-state index in [2.05, 4.69) is 32.1 Å². The van der Waals surface area contributed by atoms with Crippen molar-refractivity contribution in [1.82, 2.24) is 10.1 Å². The van der Waals surface area contributed by atoms with Crippen LogP contribution in [0.3, 0.4) is 0 Å². The summed E-state index contributed by atoms with van der Waals surface area (Å²) in [4.78, 5) is 5.40. The summed E-state index contributed by atoms with van der Waals surface area (Å²) in [7, 11) is 0. The maximum absolute atomic E-state index is 5.45. The van der Waals surface area contributed by atoms with E-state index < -0.39 is 0 Å². The summed E-state index contributed by atoms with van der Waals surface area (Å²) in [6.07, 6.45) is 0. The predicted molar refractivity (Wildman–Crippen MR) is 75.8 cm³/mol. The lowest BCUT2D eigenvalue weighted by molar-refractivity contribution is 0.0455. The minimum absolute atomic E-state index is 0.254. The zero-order chi connectivity index (χ0) is 13.2. The lowest BCUT2D eigenvalue weighted by Gasteiger charge is -2.25. The van der Waals surface area contributed by atoms with Crippen LogP contribution in [0.4, 0.5) is 0 Å². The van der Waals surface area contributed by atoms with E-state index in [-0.39, 0.29) is 6.54 Å². The molecule has 0 radical (unpaired) electrons. The summed E-state index contributed by atoms with van der Waals surface area (Å²) in [6.45, 7) is 1.90. The maximum Gasteiger partial charge on any atom is 0.240 e. The molecular formula is C12H12BrN3O2S. The number of thioether (sulfide) groups is 1. The van der Waals surface area contributed by atoms with Crippen LogP contribution >= 0.6 is 27.7 Å². The number of aromatic nitrogens is 2. The van der Waals surface area contributed by atoms with E-state index in [1.54, 1.807) is 0 Å². The first kappa shape index (κ1) is 13.1. The van der Waals surface area contributed by atoms with Gasteiger partial charge in [-0.3, -0.25) is 0 Å². The highest BCUT2D eigenvalue weighted by atomic mass is 79.9. The molecule has 0 unspecified atom stereocenters. The molecule has 1 aromatic carbocycles. The van der Waals surface area contributed by atoms with Crippen LogP contribution in [0.25, 0.3) is 11.4 Å². The van der Waals surface area contributed by atoms with Crippen LogP contribution in [0, 0.1) is 0 Å². The third kappa shape index (κ3) is 2.84. The minimum atomic E-state index is 0.254. The molecule has 1 saturated heterocycles. The number of hydrogen-bond donors (Lipinski definition) is 1. The average molecular weight is 342 g/mol. The normalized spacial score (nSPS) is 15.5. The number of benzene rings is 1. The van der Waals surface area contributed by atoms with E-state index in [1.165, 1.54) is 4.90 Å². The molecular weight excluding hydrogens is 330 g/mol. The molecule has 0 bridgehead atoms. The van der Waals surface area contributed by atoms with Crippen molar-refractivity contribution < 1.29 is 9.26 Å². The summed E-state index contributed by atoms with van der Waals surface area (Å²) in [6, 6.07) is 6.03. The van der Waals surface area contributed by atoms with Gasteiger partial charge in [-0.2, -0.15) is 4.98 Å². The third-order valence-corrected chi connectivity index (χ3v) is 4.87. The van der Waals surface area contributed by atoms with Crippen LogP contribution in [-0.2, 0) is 11.3 Å². The summed E-state index contributed by atoms with van der Waals surface area (Å²) in [5.41, 5.74) is 6.36. The van der Waals surface area contributed by atoms with Crippen LogP contribution in [0.5, 0.6) is 0 Å². The van der Waals surface area contributed by atoms with Crippen LogP contribution in [0.15, 0.2) is 32.1 Å². The van der Waals surface area contributed by atoms with Crippen molar-refractivity contribution in [1.29, 1.82) is 0 Å². The monoisotopic (exact) mass is 341 g/mol. The Hall–Kier alpha value is -0.890. The topological polar surface area (TPSA) is 74.2 Å². The highest BCUT2D eigenvalue weighted by Gasteiger charge is 2.21. The van der Waals surface area contributed by atoms with Gasteiger partial charge in [-0.05, 0) is 34.1 Å². The zero-order valence-electron chi connectivity index (χ0n) is 10.0. The van der Waals surface area contributed by atoms with Crippen molar-refractivity contribution in [2.45, 2.75) is 16.7 Å². The molecule has 1 aliphatic rings. The number of nitrogens with two attached hydrogens (primary N) is 1. The molecule has 100 valence electrons. The fraction of sp³-hybridized carbons (Fsp3) is 0.333. The van der Waals surface area contributed by atoms with Crippen LogP contribution in [0.1, 0.15) is 5.89 Å². The Kier molecular flexibility index (Phi) is 3.88. The van der Waals surface area contributed by atoms with E-state index in [9.17, 15) is 0 Å². The molecule has 0 saturated carbocycles. The lowest BCUT2D eigenvalue weighted by Crippen LogP contribution is -2.30. The number of rotatable bonds is 4. The molecule has 1 aromatic heterocycles. The van der Waals surface area contributed by atoms with Gasteiger partial charge in [-0.1, -0.05) is 5.16 Å². The van der Waals surface area contributed by atoms with Gasteiger partial charge in [0.2, 0.25) is 11.7 Å². The van der Waals surface area contributed by atoms with Crippen LogP contribution < -0.4 is 5.73 Å². The molecule has 7 heteroatoms. The first-order valence-corrected chi connectivity index (χ1v) is 7.50. The van der Waals surface area contributed by atoms with Crippen LogP contribution in [-0.4, -0.2) is 28.6 Å². The van der Waals surface area contributed by atoms with Crippen molar-refractivity contribution in [2.75, 3.05) is 13.2 Å². The lowest BCUT2D eigenvalue weighted by atomic mass is 10.2. The Bertz CT molecular complexity index is 586. The van der Waals surface area contributed by atoms with Gasteiger partial charge in [0.1, 0.15) is 0 Å². The molecule has 0 aliphatic carbocycles. The molecule has 1 aliphatic heterocycles. The fourth-order valence-corrected chi connectivity index (χ4v) is 3.32. The molecule has 1 fully saturated rings. The molecule has 2 heterocycles. The van der Waals surface area contributed by atoms with E-state index >= 15 is 0 Å². The minimum Gasteiger partial charge on any atom is -0.379 e. The summed E-state index contributed by atoms with van der Waals surface area (Å²) in [5.74, 6) is 1.00. The smallest absolute Gasteiger partial charge is 0.240 e. The van der Waals surface area contributed by atoms with Gasteiger partial charge < -0.3 is 15.0 Å². The fourth-order valence-electron chi connectivity index (χ4n) is 1.65. The van der Waals surface area contributed by atoms with Crippen molar-refractivity contribution in [3.05, 3.63) is 28.6 Å². The summed E-state index contributed by atoms with van der Waals surface area (Å²) in [5, 5.41) is 4.45. The third-order valence-electron chi connectivity index (χ3n) is 2.73. The van der Waals surface area contributed by atoms with Gasteiger partial charge in [-0.15, -0.1) is 11.8 Å². The van der Waals surface area contributed by atoms with E-state index in [1.807, 2.05) is 23.9 Å². The second-order valence-corrected chi connectivity index (χ2v) is 6.33. The Labute approximate surface area is 123 Å². The SMILES string of the molecule is NCc1nc(-c2ccc(SC3COC3)c(Br)c2)no1. The summed E-state index contributed by atoms with van der Waals surface area (Å²) >= 11 is 5.39. The van der Waals surface area contributed by atoms with Gasteiger partial charge in [0.05, 0.1) is 25.0 Å². The van der Waals surface area contributed by atoms with E-state index in [0.29, 0.717) is 17.0 Å². The Morgan fingerprint density at radius 2 is 2.26 bits per heavy atom. The van der Waals surface area contributed by atoms with Gasteiger partial charge >= 0.3 is 0 Å². The maximum atomic E-state index is 5.45. The second kappa shape index (κ2) is 5.62. The van der Waals surface area contributed by atoms with E-state index in [0.717, 1.165) is 23.2 Å². The first-order chi connectivity index (χ1) is 9.26. The van der Waals surface area contributed by atoms with Gasteiger partial charge in [-0.25, -0.2) is 0 Å². The average Bonchev–Trinajstić information content (AvgIpc) is 2.84.